The summed E-state index contributed by atoms with van der Waals surface area (Å²) < 4.78 is 5.22. The largest absolute Gasteiger partial charge is 0.378 e. The van der Waals surface area contributed by atoms with Crippen LogP contribution in [0.4, 0.5) is 0 Å². The molecule has 3 amide bonds. The summed E-state index contributed by atoms with van der Waals surface area (Å²) in [6.45, 7) is 2.76. The number of carbonyl (C=O) groups excluding carboxylic acids is 3. The smallest absolute Gasteiger partial charge is 0.251 e. The molecule has 0 bridgehead atoms. The number of benzene rings is 1. The number of hydrogen-bond acceptors (Lipinski definition) is 4. The molecule has 7 nitrogen and oxygen atoms in total. The normalized spacial score (nSPS) is 14.1. The van der Waals surface area contributed by atoms with E-state index in [-0.39, 0.29) is 30.6 Å². The molecule has 25 heavy (non-hydrogen) atoms. The zero-order valence-corrected chi connectivity index (χ0v) is 14.8. The van der Waals surface area contributed by atoms with Gasteiger partial charge in [-0.05, 0) is 17.7 Å². The van der Waals surface area contributed by atoms with Crippen molar-refractivity contribution in [1.82, 2.24) is 15.1 Å². The topological polar surface area (TPSA) is 79.0 Å². The highest BCUT2D eigenvalue weighted by molar-refractivity contribution is 5.93. The summed E-state index contributed by atoms with van der Waals surface area (Å²) in [5, 5.41) is 2.57. The molecule has 1 aromatic carbocycles. The minimum Gasteiger partial charge on any atom is -0.378 e. The molecule has 0 atom stereocenters. The van der Waals surface area contributed by atoms with Crippen molar-refractivity contribution in [2.75, 3.05) is 40.4 Å². The van der Waals surface area contributed by atoms with E-state index in [1.807, 2.05) is 12.1 Å². The second-order valence-electron chi connectivity index (χ2n) is 6.02. The Morgan fingerprint density at radius 3 is 2.36 bits per heavy atom. The number of nitrogens with one attached hydrogen (secondary N) is 1. The van der Waals surface area contributed by atoms with Crippen LogP contribution in [-0.4, -0.2) is 67.9 Å². The van der Waals surface area contributed by atoms with Crippen molar-refractivity contribution < 1.29 is 19.1 Å². The Kier molecular flexibility index (Phi) is 6.94. The molecule has 0 radical (unpaired) electrons. The lowest BCUT2D eigenvalue weighted by atomic mass is 10.1. The number of rotatable bonds is 6. The van der Waals surface area contributed by atoms with Gasteiger partial charge in [-0.25, -0.2) is 0 Å². The van der Waals surface area contributed by atoms with E-state index in [9.17, 15) is 14.4 Å². The van der Waals surface area contributed by atoms with Gasteiger partial charge in [0.15, 0.2) is 0 Å². The standard InChI is InChI=1S/C18H25N3O4/c1-19-18(24)15-5-3-14(4-6-15)13-20(2)16(22)7-8-17(23)21-9-11-25-12-10-21/h3-6H,7-13H2,1-2H3,(H,19,24). The summed E-state index contributed by atoms with van der Waals surface area (Å²) in [5.74, 6) is -0.213. The average Bonchev–Trinajstić information content (AvgIpc) is 2.66. The first-order valence-corrected chi connectivity index (χ1v) is 8.41. The van der Waals surface area contributed by atoms with Gasteiger partial charge in [0.1, 0.15) is 0 Å². The Balaban J connectivity index is 1.79. The van der Waals surface area contributed by atoms with E-state index in [0.717, 1.165) is 5.56 Å². The highest BCUT2D eigenvalue weighted by Gasteiger charge is 2.18. The Labute approximate surface area is 147 Å². The van der Waals surface area contributed by atoms with Gasteiger partial charge in [0, 0.05) is 52.1 Å². The van der Waals surface area contributed by atoms with Gasteiger partial charge in [0.05, 0.1) is 13.2 Å². The van der Waals surface area contributed by atoms with E-state index >= 15 is 0 Å². The van der Waals surface area contributed by atoms with E-state index in [0.29, 0.717) is 38.4 Å². The molecule has 136 valence electrons. The summed E-state index contributed by atoms with van der Waals surface area (Å²) in [6.07, 6.45) is 0.418. The van der Waals surface area contributed by atoms with Crippen LogP contribution in [0.15, 0.2) is 24.3 Å². The van der Waals surface area contributed by atoms with Crippen LogP contribution in [0.25, 0.3) is 0 Å². The summed E-state index contributed by atoms with van der Waals surface area (Å²) in [6, 6.07) is 7.11. The maximum atomic E-state index is 12.2. The monoisotopic (exact) mass is 347 g/mol. The van der Waals surface area contributed by atoms with Crippen molar-refractivity contribution in [1.29, 1.82) is 0 Å². The quantitative estimate of drug-likeness (QED) is 0.819. The highest BCUT2D eigenvalue weighted by Crippen LogP contribution is 2.09. The maximum absolute atomic E-state index is 12.2. The SMILES string of the molecule is CNC(=O)c1ccc(CN(C)C(=O)CCC(=O)N2CCOCC2)cc1. The average molecular weight is 347 g/mol. The van der Waals surface area contributed by atoms with E-state index in [2.05, 4.69) is 5.32 Å². The molecule has 7 heteroatoms. The van der Waals surface area contributed by atoms with Gasteiger partial charge in [-0.1, -0.05) is 12.1 Å². The van der Waals surface area contributed by atoms with Crippen LogP contribution < -0.4 is 5.32 Å². The molecule has 0 unspecified atom stereocenters. The summed E-state index contributed by atoms with van der Waals surface area (Å²) in [7, 11) is 3.30. The van der Waals surface area contributed by atoms with Crippen molar-refractivity contribution in [3.8, 4) is 0 Å². The van der Waals surface area contributed by atoms with Crippen molar-refractivity contribution in [2.45, 2.75) is 19.4 Å². The van der Waals surface area contributed by atoms with Gasteiger partial charge in [0.25, 0.3) is 5.91 Å². The lowest BCUT2D eigenvalue weighted by Gasteiger charge is -2.27. The molecule has 1 N–H and O–H groups in total. The molecule has 0 aliphatic carbocycles. The second kappa shape index (κ2) is 9.17. The summed E-state index contributed by atoms with van der Waals surface area (Å²) in [5.41, 5.74) is 1.51. The van der Waals surface area contributed by atoms with E-state index in [4.69, 9.17) is 4.74 Å². The first kappa shape index (κ1) is 18.9. The van der Waals surface area contributed by atoms with Crippen molar-refractivity contribution in [3.63, 3.8) is 0 Å². The van der Waals surface area contributed by atoms with Gasteiger partial charge in [-0.15, -0.1) is 0 Å². The van der Waals surface area contributed by atoms with Crippen LogP contribution >= 0.6 is 0 Å². The Hall–Kier alpha value is -2.41. The molecule has 1 heterocycles. The van der Waals surface area contributed by atoms with Crippen LogP contribution in [0.2, 0.25) is 0 Å². The van der Waals surface area contributed by atoms with Crippen LogP contribution in [0.3, 0.4) is 0 Å². The molecule has 2 rings (SSSR count). The molecular formula is C18H25N3O4. The number of hydrogen-bond donors (Lipinski definition) is 1. The van der Waals surface area contributed by atoms with Crippen LogP contribution in [0.5, 0.6) is 0 Å². The van der Waals surface area contributed by atoms with Gasteiger partial charge >= 0.3 is 0 Å². The van der Waals surface area contributed by atoms with Gasteiger partial charge in [-0.2, -0.15) is 0 Å². The zero-order valence-electron chi connectivity index (χ0n) is 14.8. The summed E-state index contributed by atoms with van der Waals surface area (Å²) in [4.78, 5) is 39.2. The minimum atomic E-state index is -0.141. The number of carbonyl (C=O) groups is 3. The molecule has 1 aliphatic heterocycles. The first-order valence-electron chi connectivity index (χ1n) is 8.41. The minimum absolute atomic E-state index is 0.0000177. The van der Waals surface area contributed by atoms with E-state index in [1.165, 1.54) is 0 Å². The predicted molar refractivity (Wildman–Crippen MR) is 92.9 cm³/mol. The third-order valence-electron chi connectivity index (χ3n) is 4.21. The lowest BCUT2D eigenvalue weighted by Crippen LogP contribution is -2.41. The van der Waals surface area contributed by atoms with Crippen LogP contribution in [0.1, 0.15) is 28.8 Å². The fourth-order valence-electron chi connectivity index (χ4n) is 2.64. The number of ether oxygens (including phenoxy) is 1. The molecule has 1 aromatic rings. The molecule has 1 aliphatic rings. The number of morpholine rings is 1. The molecule has 1 fully saturated rings. The third-order valence-corrected chi connectivity index (χ3v) is 4.21. The van der Waals surface area contributed by atoms with Crippen molar-refractivity contribution in [3.05, 3.63) is 35.4 Å². The Morgan fingerprint density at radius 1 is 1.12 bits per heavy atom. The maximum Gasteiger partial charge on any atom is 0.251 e. The number of nitrogens with zero attached hydrogens (tertiary/aromatic N) is 2. The summed E-state index contributed by atoms with van der Waals surface area (Å²) >= 11 is 0. The fraction of sp³-hybridized carbons (Fsp3) is 0.500. The number of amides is 3. The van der Waals surface area contributed by atoms with Gasteiger partial charge in [0.2, 0.25) is 11.8 Å². The van der Waals surface area contributed by atoms with Gasteiger partial charge in [-0.3, -0.25) is 14.4 Å². The van der Waals surface area contributed by atoms with Crippen LogP contribution in [-0.2, 0) is 20.9 Å². The Morgan fingerprint density at radius 2 is 1.76 bits per heavy atom. The third kappa shape index (κ3) is 5.56. The highest BCUT2D eigenvalue weighted by atomic mass is 16.5. The van der Waals surface area contributed by atoms with E-state index < -0.39 is 0 Å². The molecule has 0 spiro atoms. The molecule has 0 saturated carbocycles. The molecular weight excluding hydrogens is 322 g/mol. The fourth-order valence-corrected chi connectivity index (χ4v) is 2.64. The van der Waals surface area contributed by atoms with Crippen molar-refractivity contribution >= 4 is 17.7 Å². The van der Waals surface area contributed by atoms with Crippen LogP contribution in [0, 0.1) is 0 Å². The molecule has 1 saturated heterocycles. The van der Waals surface area contributed by atoms with Crippen molar-refractivity contribution in [2.24, 2.45) is 0 Å². The Bertz CT molecular complexity index is 609. The second-order valence-corrected chi connectivity index (χ2v) is 6.02. The predicted octanol–water partition coefficient (Wildman–Crippen LogP) is 0.644. The van der Waals surface area contributed by atoms with E-state index in [1.54, 1.807) is 36.0 Å². The first-order chi connectivity index (χ1) is 12.0. The lowest BCUT2D eigenvalue weighted by molar-refractivity contribution is -0.139. The molecule has 0 aromatic heterocycles. The van der Waals surface area contributed by atoms with Gasteiger partial charge < -0.3 is 19.9 Å². The zero-order chi connectivity index (χ0) is 18.2.